The maximum Gasteiger partial charge on any atom is 0.270 e. The number of carbonyl (C=O) groups excluding carboxylic acids is 1. The summed E-state index contributed by atoms with van der Waals surface area (Å²) < 4.78 is 4.01. The summed E-state index contributed by atoms with van der Waals surface area (Å²) in [4.78, 5) is 15.0. The SMILES string of the molecule is Cn1cnnc1C1CCN(C(=O)c2cccn2Cc2ccccc2)CC1. The fraction of sp³-hybridized carbons (Fsp3) is 0.350. The van der Waals surface area contributed by atoms with Crippen molar-refractivity contribution in [3.63, 3.8) is 0 Å². The topological polar surface area (TPSA) is 56.0 Å². The van der Waals surface area contributed by atoms with Crippen LogP contribution in [0.15, 0.2) is 55.0 Å². The summed E-state index contributed by atoms with van der Waals surface area (Å²) in [6.07, 6.45) is 5.57. The van der Waals surface area contributed by atoms with Crippen molar-refractivity contribution in [2.24, 2.45) is 7.05 Å². The van der Waals surface area contributed by atoms with E-state index in [1.165, 1.54) is 5.56 Å². The molecule has 134 valence electrons. The summed E-state index contributed by atoms with van der Waals surface area (Å²) in [7, 11) is 1.98. The van der Waals surface area contributed by atoms with Crippen LogP contribution < -0.4 is 0 Å². The average molecular weight is 349 g/mol. The van der Waals surface area contributed by atoms with E-state index in [9.17, 15) is 4.79 Å². The van der Waals surface area contributed by atoms with Crippen LogP contribution in [-0.2, 0) is 13.6 Å². The first-order valence-electron chi connectivity index (χ1n) is 9.04. The minimum atomic E-state index is 0.113. The largest absolute Gasteiger partial charge is 0.339 e. The molecule has 4 rings (SSSR count). The summed E-state index contributed by atoms with van der Waals surface area (Å²) in [5.74, 6) is 1.51. The molecule has 0 radical (unpaired) electrons. The van der Waals surface area contributed by atoms with Crippen molar-refractivity contribution < 1.29 is 4.79 Å². The van der Waals surface area contributed by atoms with Gasteiger partial charge in [0.1, 0.15) is 17.8 Å². The molecular formula is C20H23N5O. The van der Waals surface area contributed by atoms with Crippen molar-refractivity contribution in [2.75, 3.05) is 13.1 Å². The molecule has 0 N–H and O–H groups in total. The van der Waals surface area contributed by atoms with E-state index in [0.29, 0.717) is 12.5 Å². The lowest BCUT2D eigenvalue weighted by molar-refractivity contribution is 0.0700. The predicted molar refractivity (Wildman–Crippen MR) is 98.9 cm³/mol. The van der Waals surface area contributed by atoms with E-state index in [0.717, 1.165) is 37.4 Å². The first-order valence-corrected chi connectivity index (χ1v) is 9.04. The van der Waals surface area contributed by atoms with E-state index in [4.69, 9.17) is 0 Å². The second kappa shape index (κ2) is 7.15. The molecule has 6 heteroatoms. The molecule has 0 unspecified atom stereocenters. The zero-order valence-corrected chi connectivity index (χ0v) is 15.0. The Labute approximate surface area is 153 Å². The first-order chi connectivity index (χ1) is 12.7. The highest BCUT2D eigenvalue weighted by atomic mass is 16.2. The third kappa shape index (κ3) is 3.27. The zero-order chi connectivity index (χ0) is 17.9. The van der Waals surface area contributed by atoms with Crippen molar-refractivity contribution in [3.05, 3.63) is 72.1 Å². The van der Waals surface area contributed by atoms with E-state index in [2.05, 4.69) is 22.3 Å². The molecule has 0 spiro atoms. The molecule has 1 aromatic carbocycles. The third-order valence-electron chi connectivity index (χ3n) is 5.14. The number of amides is 1. The Hall–Kier alpha value is -2.89. The van der Waals surface area contributed by atoms with Gasteiger partial charge in [0.25, 0.3) is 5.91 Å². The zero-order valence-electron chi connectivity index (χ0n) is 15.0. The minimum absolute atomic E-state index is 0.113. The lowest BCUT2D eigenvalue weighted by Gasteiger charge is -2.31. The number of carbonyl (C=O) groups is 1. The van der Waals surface area contributed by atoms with Crippen molar-refractivity contribution in [1.29, 1.82) is 0 Å². The van der Waals surface area contributed by atoms with E-state index in [1.54, 1.807) is 6.33 Å². The van der Waals surface area contributed by atoms with Gasteiger partial charge in [-0.1, -0.05) is 30.3 Å². The lowest BCUT2D eigenvalue weighted by atomic mass is 9.95. The number of piperidine rings is 1. The van der Waals surface area contributed by atoms with Crippen LogP contribution in [0.3, 0.4) is 0 Å². The molecule has 1 aliphatic heterocycles. The fourth-order valence-corrected chi connectivity index (χ4v) is 3.69. The normalized spacial score (nSPS) is 15.3. The van der Waals surface area contributed by atoms with E-state index in [-0.39, 0.29) is 5.91 Å². The van der Waals surface area contributed by atoms with Gasteiger partial charge in [-0.05, 0) is 30.5 Å². The number of hydrogen-bond donors (Lipinski definition) is 0. The van der Waals surface area contributed by atoms with Gasteiger partial charge in [0.05, 0.1) is 0 Å². The molecule has 0 bridgehead atoms. The van der Waals surface area contributed by atoms with Crippen LogP contribution in [0.5, 0.6) is 0 Å². The first kappa shape index (κ1) is 16.6. The van der Waals surface area contributed by atoms with Crippen molar-refractivity contribution >= 4 is 5.91 Å². The summed E-state index contributed by atoms with van der Waals surface area (Å²) in [5, 5.41) is 8.20. The second-order valence-electron chi connectivity index (χ2n) is 6.87. The van der Waals surface area contributed by atoms with Crippen molar-refractivity contribution in [3.8, 4) is 0 Å². The van der Waals surface area contributed by atoms with Crippen LogP contribution in [0.1, 0.15) is 40.6 Å². The Kier molecular flexibility index (Phi) is 4.56. The Bertz CT molecular complexity index is 875. The Morgan fingerprint density at radius 3 is 2.58 bits per heavy atom. The summed E-state index contributed by atoms with van der Waals surface area (Å²) in [6.45, 7) is 2.23. The average Bonchev–Trinajstić information content (AvgIpc) is 3.31. The molecule has 0 atom stereocenters. The molecule has 3 aromatic rings. The molecule has 1 saturated heterocycles. The molecule has 1 amide bonds. The third-order valence-corrected chi connectivity index (χ3v) is 5.14. The Balaban J connectivity index is 1.43. The van der Waals surface area contributed by atoms with E-state index >= 15 is 0 Å². The van der Waals surface area contributed by atoms with Gasteiger partial charge >= 0.3 is 0 Å². The van der Waals surface area contributed by atoms with Gasteiger partial charge in [-0.25, -0.2) is 0 Å². The molecule has 6 nitrogen and oxygen atoms in total. The number of hydrogen-bond acceptors (Lipinski definition) is 3. The number of likely N-dealkylation sites (tertiary alicyclic amines) is 1. The summed E-state index contributed by atoms with van der Waals surface area (Å²) >= 11 is 0. The monoisotopic (exact) mass is 349 g/mol. The minimum Gasteiger partial charge on any atom is -0.339 e. The molecule has 2 aromatic heterocycles. The van der Waals surface area contributed by atoms with Crippen LogP contribution >= 0.6 is 0 Å². The molecule has 3 heterocycles. The van der Waals surface area contributed by atoms with Gasteiger partial charge in [-0.2, -0.15) is 0 Å². The quantitative estimate of drug-likeness (QED) is 0.728. The molecule has 0 saturated carbocycles. The summed E-state index contributed by atoms with van der Waals surface area (Å²) in [6, 6.07) is 14.1. The fourth-order valence-electron chi connectivity index (χ4n) is 3.69. The Morgan fingerprint density at radius 1 is 1.12 bits per heavy atom. The highest BCUT2D eigenvalue weighted by Crippen LogP contribution is 2.27. The second-order valence-corrected chi connectivity index (χ2v) is 6.87. The predicted octanol–water partition coefficient (Wildman–Crippen LogP) is 2.68. The number of rotatable bonds is 4. The lowest BCUT2D eigenvalue weighted by Crippen LogP contribution is -2.39. The van der Waals surface area contributed by atoms with Gasteiger partial charge in [0, 0.05) is 38.8 Å². The van der Waals surface area contributed by atoms with Gasteiger partial charge in [-0.3, -0.25) is 4.79 Å². The van der Waals surface area contributed by atoms with Crippen LogP contribution in [0.25, 0.3) is 0 Å². The molecule has 0 aliphatic carbocycles. The highest BCUT2D eigenvalue weighted by molar-refractivity contribution is 5.92. The maximum atomic E-state index is 13.0. The number of aromatic nitrogens is 4. The smallest absolute Gasteiger partial charge is 0.270 e. The van der Waals surface area contributed by atoms with Crippen molar-refractivity contribution in [1.82, 2.24) is 24.2 Å². The molecule has 26 heavy (non-hydrogen) atoms. The van der Waals surface area contributed by atoms with Gasteiger partial charge in [0.2, 0.25) is 0 Å². The Morgan fingerprint density at radius 2 is 1.88 bits per heavy atom. The van der Waals surface area contributed by atoms with Gasteiger partial charge < -0.3 is 14.0 Å². The summed E-state index contributed by atoms with van der Waals surface area (Å²) in [5.41, 5.74) is 1.95. The van der Waals surface area contributed by atoms with Crippen LogP contribution in [0.4, 0.5) is 0 Å². The number of benzene rings is 1. The molecule has 1 fully saturated rings. The van der Waals surface area contributed by atoms with Gasteiger partial charge in [-0.15, -0.1) is 10.2 Å². The standard InChI is InChI=1S/C20H23N5O/c1-23-15-21-22-19(23)17-9-12-24(13-10-17)20(26)18-8-5-11-25(18)14-16-6-3-2-4-7-16/h2-8,11,15,17H,9-10,12-14H2,1H3. The van der Waals surface area contributed by atoms with Crippen LogP contribution in [0, 0.1) is 0 Å². The van der Waals surface area contributed by atoms with Gasteiger partial charge in [0.15, 0.2) is 0 Å². The van der Waals surface area contributed by atoms with E-state index in [1.807, 2.05) is 57.6 Å². The number of aryl methyl sites for hydroxylation is 1. The van der Waals surface area contributed by atoms with E-state index < -0.39 is 0 Å². The van der Waals surface area contributed by atoms with Crippen molar-refractivity contribution in [2.45, 2.75) is 25.3 Å². The van der Waals surface area contributed by atoms with Crippen LogP contribution in [0.2, 0.25) is 0 Å². The highest BCUT2D eigenvalue weighted by Gasteiger charge is 2.27. The molecule has 1 aliphatic rings. The van der Waals surface area contributed by atoms with Crippen LogP contribution in [-0.4, -0.2) is 43.2 Å². The molecular weight excluding hydrogens is 326 g/mol. The number of nitrogens with zero attached hydrogens (tertiary/aromatic N) is 5. The maximum absolute atomic E-state index is 13.0.